The van der Waals surface area contributed by atoms with Crippen molar-refractivity contribution in [3.05, 3.63) is 0 Å². The molecule has 1 fully saturated rings. The first-order valence-electron chi connectivity index (χ1n) is 3.80. The fraction of sp³-hybridized carbons (Fsp3) is 1.00. The van der Waals surface area contributed by atoms with Gasteiger partial charge in [0.05, 0.1) is 5.92 Å². The van der Waals surface area contributed by atoms with Crippen LogP contribution in [0, 0.1) is 5.92 Å². The van der Waals surface area contributed by atoms with Crippen LogP contribution in [-0.2, 0) is 0 Å². The molecule has 0 radical (unpaired) electrons. The molecule has 4 heteroatoms. The standard InChI is InChI=1S/C7H12F3N/c1-5-2-3-6(4-11-5)7(8,9)10/h5-6,11H,2-4H2,1H3. The molecule has 0 aromatic heterocycles. The molecule has 0 bridgehead atoms. The van der Waals surface area contributed by atoms with Crippen molar-refractivity contribution in [1.82, 2.24) is 5.32 Å². The largest absolute Gasteiger partial charge is 0.393 e. The SMILES string of the molecule is CC1CCC(C(F)(F)F)CN1. The van der Waals surface area contributed by atoms with E-state index in [1.54, 1.807) is 0 Å². The summed E-state index contributed by atoms with van der Waals surface area (Å²) < 4.78 is 36.1. The van der Waals surface area contributed by atoms with Gasteiger partial charge in [0.25, 0.3) is 0 Å². The van der Waals surface area contributed by atoms with E-state index >= 15 is 0 Å². The topological polar surface area (TPSA) is 12.0 Å². The monoisotopic (exact) mass is 167 g/mol. The predicted octanol–water partition coefficient (Wildman–Crippen LogP) is 1.94. The highest BCUT2D eigenvalue weighted by atomic mass is 19.4. The summed E-state index contributed by atoms with van der Waals surface area (Å²) in [6.07, 6.45) is -3.10. The second kappa shape index (κ2) is 3.01. The summed E-state index contributed by atoms with van der Waals surface area (Å²) >= 11 is 0. The third-order valence-electron chi connectivity index (χ3n) is 2.12. The molecule has 66 valence electrons. The molecule has 1 aliphatic rings. The van der Waals surface area contributed by atoms with Crippen molar-refractivity contribution in [3.63, 3.8) is 0 Å². The summed E-state index contributed by atoms with van der Waals surface area (Å²) in [5, 5.41) is 2.82. The number of rotatable bonds is 0. The Balaban J connectivity index is 2.39. The lowest BCUT2D eigenvalue weighted by Gasteiger charge is -2.28. The van der Waals surface area contributed by atoms with E-state index in [2.05, 4.69) is 5.32 Å². The summed E-state index contributed by atoms with van der Waals surface area (Å²) in [5.74, 6) is -1.13. The molecule has 0 saturated carbocycles. The number of alkyl halides is 3. The van der Waals surface area contributed by atoms with Gasteiger partial charge in [-0.2, -0.15) is 13.2 Å². The Morgan fingerprint density at radius 2 is 1.91 bits per heavy atom. The first-order chi connectivity index (χ1) is 5.00. The van der Waals surface area contributed by atoms with E-state index < -0.39 is 12.1 Å². The fourth-order valence-corrected chi connectivity index (χ4v) is 1.28. The van der Waals surface area contributed by atoms with Crippen LogP contribution in [0.15, 0.2) is 0 Å². The van der Waals surface area contributed by atoms with Crippen molar-refractivity contribution in [2.45, 2.75) is 32.0 Å². The van der Waals surface area contributed by atoms with E-state index in [1.807, 2.05) is 6.92 Å². The minimum absolute atomic E-state index is 0.0880. The molecule has 1 aliphatic heterocycles. The smallest absolute Gasteiger partial charge is 0.314 e. The van der Waals surface area contributed by atoms with Crippen LogP contribution >= 0.6 is 0 Å². The van der Waals surface area contributed by atoms with Gasteiger partial charge in [0, 0.05) is 12.6 Å². The molecule has 0 aromatic carbocycles. The zero-order chi connectivity index (χ0) is 8.48. The Kier molecular flexibility index (Phi) is 2.42. The van der Waals surface area contributed by atoms with E-state index in [-0.39, 0.29) is 19.0 Å². The molecular formula is C7H12F3N. The Labute approximate surface area is 64.0 Å². The first-order valence-corrected chi connectivity index (χ1v) is 3.80. The lowest BCUT2D eigenvalue weighted by atomic mass is 9.95. The van der Waals surface area contributed by atoms with Crippen LogP contribution in [0.5, 0.6) is 0 Å². The van der Waals surface area contributed by atoms with Crippen molar-refractivity contribution < 1.29 is 13.2 Å². The summed E-state index contributed by atoms with van der Waals surface area (Å²) in [6.45, 7) is 2.00. The van der Waals surface area contributed by atoms with E-state index in [1.165, 1.54) is 0 Å². The van der Waals surface area contributed by atoms with Crippen LogP contribution < -0.4 is 5.32 Å². The van der Waals surface area contributed by atoms with Gasteiger partial charge in [-0.1, -0.05) is 0 Å². The zero-order valence-electron chi connectivity index (χ0n) is 6.41. The van der Waals surface area contributed by atoms with E-state index in [4.69, 9.17) is 0 Å². The Morgan fingerprint density at radius 1 is 1.27 bits per heavy atom. The van der Waals surface area contributed by atoms with Gasteiger partial charge >= 0.3 is 6.18 Å². The maximum atomic E-state index is 12.0. The maximum Gasteiger partial charge on any atom is 0.393 e. The van der Waals surface area contributed by atoms with Crippen molar-refractivity contribution in [2.24, 2.45) is 5.92 Å². The van der Waals surface area contributed by atoms with Crippen LogP contribution in [0.3, 0.4) is 0 Å². The van der Waals surface area contributed by atoms with Crippen LogP contribution in [0.4, 0.5) is 13.2 Å². The number of nitrogens with one attached hydrogen (secondary N) is 1. The molecule has 1 heterocycles. The molecule has 1 rings (SSSR count). The summed E-state index contributed by atoms with van der Waals surface area (Å²) in [7, 11) is 0. The fourth-order valence-electron chi connectivity index (χ4n) is 1.28. The Hall–Kier alpha value is -0.250. The molecule has 0 amide bonds. The highest BCUT2D eigenvalue weighted by molar-refractivity contribution is 4.78. The van der Waals surface area contributed by atoms with Gasteiger partial charge in [0.2, 0.25) is 0 Å². The second-order valence-corrected chi connectivity index (χ2v) is 3.13. The van der Waals surface area contributed by atoms with Crippen molar-refractivity contribution in [1.29, 1.82) is 0 Å². The third-order valence-corrected chi connectivity index (χ3v) is 2.12. The van der Waals surface area contributed by atoms with Gasteiger partial charge in [-0.15, -0.1) is 0 Å². The molecule has 2 atom stereocenters. The Morgan fingerprint density at radius 3 is 2.27 bits per heavy atom. The Bertz CT molecular complexity index is 124. The van der Waals surface area contributed by atoms with Crippen molar-refractivity contribution >= 4 is 0 Å². The molecule has 11 heavy (non-hydrogen) atoms. The molecule has 1 nitrogen and oxygen atoms in total. The lowest BCUT2D eigenvalue weighted by molar-refractivity contribution is -0.179. The van der Waals surface area contributed by atoms with E-state index in [9.17, 15) is 13.2 Å². The molecule has 1 N–H and O–H groups in total. The van der Waals surface area contributed by atoms with Gasteiger partial charge in [-0.3, -0.25) is 0 Å². The van der Waals surface area contributed by atoms with Crippen LogP contribution in [-0.4, -0.2) is 18.8 Å². The van der Waals surface area contributed by atoms with Gasteiger partial charge in [0.15, 0.2) is 0 Å². The van der Waals surface area contributed by atoms with Crippen molar-refractivity contribution in [2.75, 3.05) is 6.54 Å². The van der Waals surface area contributed by atoms with Crippen molar-refractivity contribution in [3.8, 4) is 0 Å². The molecular weight excluding hydrogens is 155 g/mol. The number of hydrogen-bond acceptors (Lipinski definition) is 1. The zero-order valence-corrected chi connectivity index (χ0v) is 6.41. The molecule has 0 aromatic rings. The average Bonchev–Trinajstić information content (AvgIpc) is 1.86. The van der Waals surface area contributed by atoms with Gasteiger partial charge in [-0.25, -0.2) is 0 Å². The number of hydrogen-bond donors (Lipinski definition) is 1. The van der Waals surface area contributed by atoms with Gasteiger partial charge in [-0.05, 0) is 19.8 Å². The lowest BCUT2D eigenvalue weighted by Crippen LogP contribution is -2.42. The van der Waals surface area contributed by atoms with Crippen LogP contribution in [0.25, 0.3) is 0 Å². The predicted molar refractivity (Wildman–Crippen MR) is 36.2 cm³/mol. The summed E-state index contributed by atoms with van der Waals surface area (Å²) in [5.41, 5.74) is 0. The minimum Gasteiger partial charge on any atom is -0.314 e. The minimum atomic E-state index is -4.01. The van der Waals surface area contributed by atoms with E-state index in [0.717, 1.165) is 0 Å². The average molecular weight is 167 g/mol. The highest BCUT2D eigenvalue weighted by Gasteiger charge is 2.40. The normalized spacial score (nSPS) is 33.8. The molecule has 1 saturated heterocycles. The summed E-state index contributed by atoms with van der Waals surface area (Å²) in [4.78, 5) is 0. The van der Waals surface area contributed by atoms with Gasteiger partial charge in [0.1, 0.15) is 0 Å². The third kappa shape index (κ3) is 2.36. The highest BCUT2D eigenvalue weighted by Crippen LogP contribution is 2.31. The van der Waals surface area contributed by atoms with Crippen LogP contribution in [0.2, 0.25) is 0 Å². The first kappa shape index (κ1) is 8.84. The number of halogens is 3. The molecule has 2 unspecified atom stereocenters. The van der Waals surface area contributed by atoms with E-state index in [0.29, 0.717) is 6.42 Å². The quantitative estimate of drug-likeness (QED) is 0.581. The maximum absolute atomic E-state index is 12.0. The van der Waals surface area contributed by atoms with Gasteiger partial charge < -0.3 is 5.32 Å². The van der Waals surface area contributed by atoms with Crippen LogP contribution in [0.1, 0.15) is 19.8 Å². The second-order valence-electron chi connectivity index (χ2n) is 3.13. The molecule has 0 aliphatic carbocycles. The number of piperidine rings is 1. The summed E-state index contributed by atoms with van der Waals surface area (Å²) in [6, 6.07) is 0.244. The molecule has 0 spiro atoms.